The first kappa shape index (κ1) is 12.8. The molecule has 1 aromatic rings. The molecule has 0 bridgehead atoms. The standard InChI is InChI=1S/C12H15BrClN/c1-3-5-12(15-4-2)10-8-9(13)6-7-11(10)14/h3,6-8,12,15H,1,4-5H2,2H3. The molecule has 0 heterocycles. The molecule has 0 aromatic heterocycles. The van der Waals surface area contributed by atoms with Crippen molar-refractivity contribution in [1.82, 2.24) is 5.32 Å². The summed E-state index contributed by atoms with van der Waals surface area (Å²) in [5.74, 6) is 0. The minimum absolute atomic E-state index is 0.248. The average Bonchev–Trinajstić information content (AvgIpc) is 2.21. The molecule has 0 aliphatic carbocycles. The average molecular weight is 289 g/mol. The van der Waals surface area contributed by atoms with Gasteiger partial charge in [-0.15, -0.1) is 6.58 Å². The second kappa shape index (κ2) is 6.31. The van der Waals surface area contributed by atoms with E-state index in [1.54, 1.807) is 0 Å². The first-order valence-corrected chi connectivity index (χ1v) is 6.15. The number of benzene rings is 1. The third-order valence-corrected chi connectivity index (χ3v) is 3.02. The van der Waals surface area contributed by atoms with Gasteiger partial charge in [0.15, 0.2) is 0 Å². The van der Waals surface area contributed by atoms with Gasteiger partial charge in [0, 0.05) is 15.5 Å². The van der Waals surface area contributed by atoms with Crippen LogP contribution in [0.5, 0.6) is 0 Å². The van der Waals surface area contributed by atoms with Gasteiger partial charge in [-0.25, -0.2) is 0 Å². The van der Waals surface area contributed by atoms with Crippen LogP contribution in [-0.2, 0) is 0 Å². The van der Waals surface area contributed by atoms with Crippen molar-refractivity contribution in [3.05, 3.63) is 45.9 Å². The quantitative estimate of drug-likeness (QED) is 0.795. The fourth-order valence-corrected chi connectivity index (χ4v) is 2.14. The Morgan fingerprint density at radius 1 is 1.60 bits per heavy atom. The molecule has 1 rings (SSSR count). The van der Waals surface area contributed by atoms with Crippen molar-refractivity contribution in [2.45, 2.75) is 19.4 Å². The number of rotatable bonds is 5. The molecule has 0 amide bonds. The van der Waals surface area contributed by atoms with E-state index in [4.69, 9.17) is 11.6 Å². The summed E-state index contributed by atoms with van der Waals surface area (Å²) in [6.07, 6.45) is 2.79. The molecule has 1 nitrogen and oxygen atoms in total. The molecule has 82 valence electrons. The Kier molecular flexibility index (Phi) is 5.37. The molecule has 1 unspecified atom stereocenters. The van der Waals surface area contributed by atoms with Gasteiger partial charge in [0.2, 0.25) is 0 Å². The highest BCUT2D eigenvalue weighted by atomic mass is 79.9. The van der Waals surface area contributed by atoms with Crippen LogP contribution in [0.4, 0.5) is 0 Å². The van der Waals surface area contributed by atoms with Gasteiger partial charge in [-0.2, -0.15) is 0 Å². The molecule has 0 saturated carbocycles. The number of hydrogen-bond donors (Lipinski definition) is 1. The SMILES string of the molecule is C=CCC(NCC)c1cc(Br)ccc1Cl. The molecule has 3 heteroatoms. The summed E-state index contributed by atoms with van der Waals surface area (Å²) in [6, 6.07) is 6.16. The topological polar surface area (TPSA) is 12.0 Å². The van der Waals surface area contributed by atoms with Gasteiger partial charge < -0.3 is 5.32 Å². The molecule has 0 aliphatic heterocycles. The highest BCUT2D eigenvalue weighted by Gasteiger charge is 2.12. The van der Waals surface area contributed by atoms with Gasteiger partial charge in [-0.05, 0) is 36.7 Å². The van der Waals surface area contributed by atoms with E-state index in [0.717, 1.165) is 28.0 Å². The van der Waals surface area contributed by atoms with Crippen molar-refractivity contribution in [3.8, 4) is 0 Å². The number of hydrogen-bond acceptors (Lipinski definition) is 1. The van der Waals surface area contributed by atoms with E-state index in [9.17, 15) is 0 Å². The second-order valence-corrected chi connectivity index (χ2v) is 4.62. The smallest absolute Gasteiger partial charge is 0.0454 e. The molecule has 0 radical (unpaired) electrons. The van der Waals surface area contributed by atoms with Crippen molar-refractivity contribution in [3.63, 3.8) is 0 Å². The van der Waals surface area contributed by atoms with Gasteiger partial charge in [0.05, 0.1) is 0 Å². The Morgan fingerprint density at radius 3 is 2.93 bits per heavy atom. The van der Waals surface area contributed by atoms with Crippen LogP contribution >= 0.6 is 27.5 Å². The van der Waals surface area contributed by atoms with Crippen molar-refractivity contribution >= 4 is 27.5 Å². The normalized spacial score (nSPS) is 12.5. The molecule has 0 saturated heterocycles. The fraction of sp³-hybridized carbons (Fsp3) is 0.333. The van der Waals surface area contributed by atoms with Crippen LogP contribution in [0.25, 0.3) is 0 Å². The third-order valence-electron chi connectivity index (χ3n) is 2.19. The maximum atomic E-state index is 6.17. The van der Waals surface area contributed by atoms with Crippen molar-refractivity contribution in [2.24, 2.45) is 0 Å². The lowest BCUT2D eigenvalue weighted by molar-refractivity contribution is 0.559. The predicted octanol–water partition coefficient (Wildman–Crippen LogP) is 4.33. The molecular formula is C12H15BrClN. The lowest BCUT2D eigenvalue weighted by Crippen LogP contribution is -2.20. The molecule has 15 heavy (non-hydrogen) atoms. The highest BCUT2D eigenvalue weighted by molar-refractivity contribution is 9.10. The van der Waals surface area contributed by atoms with E-state index in [0.29, 0.717) is 0 Å². The van der Waals surface area contributed by atoms with Crippen LogP contribution in [0.15, 0.2) is 35.3 Å². The van der Waals surface area contributed by atoms with E-state index < -0.39 is 0 Å². The Labute approximate surface area is 105 Å². The van der Waals surface area contributed by atoms with E-state index in [1.807, 2.05) is 18.2 Å². The maximum Gasteiger partial charge on any atom is 0.0454 e. The lowest BCUT2D eigenvalue weighted by atomic mass is 10.0. The van der Waals surface area contributed by atoms with E-state index in [1.165, 1.54) is 0 Å². The Hall–Kier alpha value is -0.310. The van der Waals surface area contributed by atoms with Gasteiger partial charge in [-0.3, -0.25) is 0 Å². The molecular weight excluding hydrogens is 273 g/mol. The first-order chi connectivity index (χ1) is 7.19. The summed E-state index contributed by atoms with van der Waals surface area (Å²) >= 11 is 9.62. The van der Waals surface area contributed by atoms with Crippen molar-refractivity contribution in [2.75, 3.05) is 6.54 Å². The molecule has 1 N–H and O–H groups in total. The monoisotopic (exact) mass is 287 g/mol. The highest BCUT2D eigenvalue weighted by Crippen LogP contribution is 2.28. The lowest BCUT2D eigenvalue weighted by Gasteiger charge is -2.18. The molecule has 0 aliphatic rings. The zero-order valence-corrected chi connectivity index (χ0v) is 11.1. The first-order valence-electron chi connectivity index (χ1n) is 4.98. The largest absolute Gasteiger partial charge is 0.310 e. The molecule has 0 spiro atoms. The van der Waals surface area contributed by atoms with Gasteiger partial charge in [0.25, 0.3) is 0 Å². The third kappa shape index (κ3) is 3.63. The van der Waals surface area contributed by atoms with Crippen LogP contribution in [0.2, 0.25) is 5.02 Å². The molecule has 1 atom stereocenters. The van der Waals surface area contributed by atoms with Gasteiger partial charge in [0.1, 0.15) is 0 Å². The molecule has 0 fully saturated rings. The van der Waals surface area contributed by atoms with Crippen LogP contribution in [0.1, 0.15) is 24.9 Å². The van der Waals surface area contributed by atoms with Gasteiger partial charge >= 0.3 is 0 Å². The minimum atomic E-state index is 0.248. The van der Waals surface area contributed by atoms with E-state index in [2.05, 4.69) is 40.8 Å². The van der Waals surface area contributed by atoms with E-state index in [-0.39, 0.29) is 6.04 Å². The zero-order valence-electron chi connectivity index (χ0n) is 8.76. The van der Waals surface area contributed by atoms with Crippen LogP contribution in [0, 0.1) is 0 Å². The number of halogens is 2. The van der Waals surface area contributed by atoms with Gasteiger partial charge in [-0.1, -0.05) is 40.5 Å². The van der Waals surface area contributed by atoms with Crippen LogP contribution in [-0.4, -0.2) is 6.54 Å². The Balaban J connectivity index is 2.97. The summed E-state index contributed by atoms with van der Waals surface area (Å²) in [6.45, 7) is 6.77. The van der Waals surface area contributed by atoms with E-state index >= 15 is 0 Å². The van der Waals surface area contributed by atoms with Crippen molar-refractivity contribution in [1.29, 1.82) is 0 Å². The minimum Gasteiger partial charge on any atom is -0.310 e. The van der Waals surface area contributed by atoms with Crippen LogP contribution < -0.4 is 5.32 Å². The summed E-state index contributed by atoms with van der Waals surface area (Å²) in [7, 11) is 0. The fourth-order valence-electron chi connectivity index (χ4n) is 1.51. The summed E-state index contributed by atoms with van der Waals surface area (Å²) in [5.41, 5.74) is 1.12. The Morgan fingerprint density at radius 2 is 2.33 bits per heavy atom. The summed E-state index contributed by atoms with van der Waals surface area (Å²) in [4.78, 5) is 0. The summed E-state index contributed by atoms with van der Waals surface area (Å²) in [5, 5.41) is 4.19. The number of nitrogens with one attached hydrogen (secondary N) is 1. The van der Waals surface area contributed by atoms with Crippen LogP contribution in [0.3, 0.4) is 0 Å². The van der Waals surface area contributed by atoms with Crippen molar-refractivity contribution < 1.29 is 0 Å². The summed E-state index contributed by atoms with van der Waals surface area (Å²) < 4.78 is 1.05. The Bertz CT molecular complexity index is 338. The second-order valence-electron chi connectivity index (χ2n) is 3.30. The zero-order chi connectivity index (χ0) is 11.3. The predicted molar refractivity (Wildman–Crippen MR) is 70.4 cm³/mol. The maximum absolute atomic E-state index is 6.17. The molecule has 1 aromatic carbocycles.